The van der Waals surface area contributed by atoms with E-state index in [4.69, 9.17) is 5.11 Å². The van der Waals surface area contributed by atoms with Crippen LogP contribution in [0.5, 0.6) is 5.88 Å². The van der Waals surface area contributed by atoms with Crippen molar-refractivity contribution >= 4 is 5.97 Å². The molecule has 0 aliphatic carbocycles. The van der Waals surface area contributed by atoms with Gasteiger partial charge in [0.25, 0.3) is 0 Å². The van der Waals surface area contributed by atoms with Crippen LogP contribution in [0.3, 0.4) is 0 Å². The number of benzene rings is 1. The Hall–Kier alpha value is -2.50. The molecule has 16 heavy (non-hydrogen) atoms. The Morgan fingerprint density at radius 3 is 2.69 bits per heavy atom. The van der Waals surface area contributed by atoms with E-state index in [1.54, 1.807) is 0 Å². The van der Waals surface area contributed by atoms with Crippen molar-refractivity contribution in [1.82, 2.24) is 9.55 Å². The van der Waals surface area contributed by atoms with Crippen molar-refractivity contribution in [3.8, 4) is 11.6 Å². The van der Waals surface area contributed by atoms with E-state index >= 15 is 0 Å². The quantitative estimate of drug-likeness (QED) is 0.689. The standard InChI is InChI=1S/C10H8N2O4/c13-8-5-11-10(16)12(8)7-3-1-2-6(4-7)9(14)15/h1-5,13H,(H,11,16)(H,14,15). The zero-order valence-electron chi connectivity index (χ0n) is 8.04. The Balaban J connectivity index is 2.61. The molecule has 3 N–H and O–H groups in total. The first-order valence-corrected chi connectivity index (χ1v) is 4.42. The first-order chi connectivity index (χ1) is 7.59. The molecule has 0 aliphatic rings. The number of H-pyrrole nitrogens is 1. The fourth-order valence-corrected chi connectivity index (χ4v) is 1.39. The van der Waals surface area contributed by atoms with Crippen LogP contribution in [0.25, 0.3) is 5.69 Å². The number of aromatic carboxylic acids is 1. The van der Waals surface area contributed by atoms with E-state index in [0.29, 0.717) is 5.69 Å². The van der Waals surface area contributed by atoms with E-state index in [2.05, 4.69) is 4.98 Å². The lowest BCUT2D eigenvalue weighted by Crippen LogP contribution is -2.14. The van der Waals surface area contributed by atoms with Crippen molar-refractivity contribution in [2.24, 2.45) is 0 Å². The summed E-state index contributed by atoms with van der Waals surface area (Å²) in [7, 11) is 0. The minimum atomic E-state index is -1.09. The summed E-state index contributed by atoms with van der Waals surface area (Å²) in [5.41, 5.74) is -0.186. The highest BCUT2D eigenvalue weighted by atomic mass is 16.4. The minimum absolute atomic E-state index is 0.0463. The fraction of sp³-hybridized carbons (Fsp3) is 0. The van der Waals surface area contributed by atoms with Gasteiger partial charge in [-0.1, -0.05) is 6.07 Å². The number of carbonyl (C=O) groups is 1. The van der Waals surface area contributed by atoms with E-state index < -0.39 is 11.7 Å². The smallest absolute Gasteiger partial charge is 0.335 e. The van der Waals surface area contributed by atoms with Crippen molar-refractivity contribution in [1.29, 1.82) is 0 Å². The largest absolute Gasteiger partial charge is 0.493 e. The minimum Gasteiger partial charge on any atom is -0.493 e. The second-order valence-electron chi connectivity index (χ2n) is 3.14. The maximum Gasteiger partial charge on any atom is 0.335 e. The maximum absolute atomic E-state index is 11.3. The fourth-order valence-electron chi connectivity index (χ4n) is 1.39. The van der Waals surface area contributed by atoms with Crippen molar-refractivity contribution in [3.63, 3.8) is 0 Å². The molecule has 0 radical (unpaired) electrons. The van der Waals surface area contributed by atoms with Crippen LogP contribution < -0.4 is 5.69 Å². The van der Waals surface area contributed by atoms with Gasteiger partial charge in [0.2, 0.25) is 5.88 Å². The molecule has 0 unspecified atom stereocenters. The zero-order valence-corrected chi connectivity index (χ0v) is 8.04. The normalized spacial score (nSPS) is 10.2. The van der Waals surface area contributed by atoms with Crippen LogP contribution in [0.2, 0.25) is 0 Å². The van der Waals surface area contributed by atoms with Gasteiger partial charge in [-0.25, -0.2) is 14.2 Å². The number of rotatable bonds is 2. The molecule has 82 valence electrons. The lowest BCUT2D eigenvalue weighted by molar-refractivity contribution is 0.0697. The number of carboxylic acids is 1. The van der Waals surface area contributed by atoms with Crippen molar-refractivity contribution in [2.75, 3.05) is 0 Å². The van der Waals surface area contributed by atoms with E-state index in [1.807, 2.05) is 0 Å². The predicted octanol–water partition coefficient (Wildman–Crippen LogP) is 0.569. The lowest BCUT2D eigenvalue weighted by atomic mass is 10.2. The Labute approximate surface area is 89.4 Å². The monoisotopic (exact) mass is 220 g/mol. The van der Waals surface area contributed by atoms with Crippen LogP contribution in [-0.4, -0.2) is 25.7 Å². The molecule has 0 amide bonds. The number of imidazole rings is 1. The number of nitrogens with one attached hydrogen (secondary N) is 1. The number of hydrogen-bond donors (Lipinski definition) is 3. The molecule has 6 heteroatoms. The zero-order chi connectivity index (χ0) is 11.7. The third-order valence-corrected chi connectivity index (χ3v) is 2.11. The summed E-state index contributed by atoms with van der Waals surface area (Å²) < 4.78 is 0.979. The summed E-state index contributed by atoms with van der Waals surface area (Å²) in [5, 5.41) is 18.2. The van der Waals surface area contributed by atoms with Gasteiger partial charge in [0.1, 0.15) is 0 Å². The lowest BCUT2D eigenvalue weighted by Gasteiger charge is -2.03. The van der Waals surface area contributed by atoms with Crippen LogP contribution in [0, 0.1) is 0 Å². The van der Waals surface area contributed by atoms with Gasteiger partial charge >= 0.3 is 11.7 Å². The topological polar surface area (TPSA) is 95.3 Å². The molecule has 1 aromatic heterocycles. The molecule has 1 heterocycles. The second kappa shape index (κ2) is 3.58. The summed E-state index contributed by atoms with van der Waals surface area (Å²) >= 11 is 0. The molecule has 0 spiro atoms. The molecule has 0 bridgehead atoms. The molecular weight excluding hydrogens is 212 g/mol. The average Bonchev–Trinajstić information content (AvgIpc) is 2.59. The highest BCUT2D eigenvalue weighted by Crippen LogP contribution is 2.14. The van der Waals surface area contributed by atoms with Crippen molar-refractivity contribution < 1.29 is 15.0 Å². The van der Waals surface area contributed by atoms with E-state index in [-0.39, 0.29) is 11.4 Å². The second-order valence-corrected chi connectivity index (χ2v) is 3.14. The Morgan fingerprint density at radius 1 is 1.38 bits per heavy atom. The summed E-state index contributed by atoms with van der Waals surface area (Å²) in [4.78, 5) is 24.4. The predicted molar refractivity (Wildman–Crippen MR) is 55.0 cm³/mol. The average molecular weight is 220 g/mol. The molecule has 0 fully saturated rings. The van der Waals surface area contributed by atoms with E-state index in [1.165, 1.54) is 24.3 Å². The van der Waals surface area contributed by atoms with Crippen LogP contribution in [0.1, 0.15) is 10.4 Å². The van der Waals surface area contributed by atoms with E-state index in [9.17, 15) is 14.7 Å². The van der Waals surface area contributed by atoms with Crippen molar-refractivity contribution in [3.05, 3.63) is 46.5 Å². The van der Waals surface area contributed by atoms with Gasteiger partial charge < -0.3 is 15.2 Å². The molecule has 0 aliphatic heterocycles. The molecule has 2 aromatic rings. The van der Waals surface area contributed by atoms with Gasteiger partial charge in [-0.3, -0.25) is 0 Å². The third-order valence-electron chi connectivity index (χ3n) is 2.11. The van der Waals surface area contributed by atoms with Gasteiger partial charge in [0, 0.05) is 0 Å². The molecular formula is C10H8N2O4. The van der Waals surface area contributed by atoms with Crippen LogP contribution in [-0.2, 0) is 0 Å². The molecule has 6 nitrogen and oxygen atoms in total. The maximum atomic E-state index is 11.3. The number of carboxylic acid groups (broad SMARTS) is 1. The Kier molecular flexibility index (Phi) is 2.24. The summed E-state index contributed by atoms with van der Waals surface area (Å²) in [6, 6.07) is 5.73. The molecule has 0 saturated heterocycles. The van der Waals surface area contributed by atoms with Crippen LogP contribution >= 0.6 is 0 Å². The summed E-state index contributed by atoms with van der Waals surface area (Å²) in [5.74, 6) is -1.36. The number of aromatic hydroxyl groups is 1. The number of aromatic nitrogens is 2. The first-order valence-electron chi connectivity index (χ1n) is 4.42. The SMILES string of the molecule is O=C(O)c1cccc(-n2c(O)c[nH]c2=O)c1. The number of aromatic amines is 1. The Bertz CT molecular complexity index is 597. The van der Waals surface area contributed by atoms with Gasteiger partial charge in [-0.2, -0.15) is 0 Å². The highest BCUT2D eigenvalue weighted by Gasteiger charge is 2.09. The van der Waals surface area contributed by atoms with Crippen molar-refractivity contribution in [2.45, 2.75) is 0 Å². The summed E-state index contributed by atoms with van der Waals surface area (Å²) in [6.07, 6.45) is 1.13. The van der Waals surface area contributed by atoms with Gasteiger partial charge in [0.05, 0.1) is 17.4 Å². The van der Waals surface area contributed by atoms with Gasteiger partial charge in [-0.05, 0) is 18.2 Å². The van der Waals surface area contributed by atoms with Gasteiger partial charge in [-0.15, -0.1) is 0 Å². The van der Waals surface area contributed by atoms with Crippen LogP contribution in [0.4, 0.5) is 0 Å². The highest BCUT2D eigenvalue weighted by molar-refractivity contribution is 5.88. The van der Waals surface area contributed by atoms with Gasteiger partial charge in [0.15, 0.2) is 0 Å². The summed E-state index contributed by atoms with van der Waals surface area (Å²) in [6.45, 7) is 0. The first kappa shape index (κ1) is 10.0. The molecule has 0 saturated carbocycles. The number of nitrogens with zero attached hydrogens (tertiary/aromatic N) is 1. The van der Waals surface area contributed by atoms with Crippen LogP contribution in [0.15, 0.2) is 35.3 Å². The molecule has 1 aromatic carbocycles. The van der Waals surface area contributed by atoms with E-state index in [0.717, 1.165) is 10.8 Å². The molecule has 0 atom stereocenters. The number of hydrogen-bond acceptors (Lipinski definition) is 3. The Morgan fingerprint density at radius 2 is 2.12 bits per heavy atom. The molecule has 2 rings (SSSR count). The third kappa shape index (κ3) is 1.56.